The van der Waals surface area contributed by atoms with Crippen LogP contribution in [0.4, 0.5) is 11.4 Å². The number of ether oxygens (including phenoxy) is 1. The molecule has 0 saturated carbocycles. The van der Waals surface area contributed by atoms with Crippen LogP contribution in [0, 0.1) is 18.3 Å². The van der Waals surface area contributed by atoms with E-state index < -0.39 is 0 Å². The Morgan fingerprint density at radius 2 is 1.73 bits per heavy atom. The minimum Gasteiger partial charge on any atom is -0.389 e. The van der Waals surface area contributed by atoms with Crippen LogP contribution in [-0.4, -0.2) is 31.4 Å². The Hall–Kier alpha value is -3.14. The van der Waals surface area contributed by atoms with Crippen LogP contribution in [0.2, 0.25) is 0 Å². The molecule has 0 aliphatic carbocycles. The van der Waals surface area contributed by atoms with E-state index >= 15 is 0 Å². The van der Waals surface area contributed by atoms with Gasteiger partial charge in [-0.2, -0.15) is 0 Å². The Bertz CT molecular complexity index is 1370. The van der Waals surface area contributed by atoms with Crippen LogP contribution in [-0.2, 0) is 24.0 Å². The van der Waals surface area contributed by atoms with Gasteiger partial charge < -0.3 is 20.7 Å². The van der Waals surface area contributed by atoms with E-state index in [1.807, 2.05) is 13.1 Å². The van der Waals surface area contributed by atoms with Gasteiger partial charge in [0.2, 0.25) is 0 Å². The van der Waals surface area contributed by atoms with Crippen LogP contribution in [0.3, 0.4) is 0 Å². The normalized spacial score (nSPS) is 12.3. The zero-order valence-electron chi connectivity index (χ0n) is 29.5. The first-order valence-corrected chi connectivity index (χ1v) is 16.9. The van der Waals surface area contributed by atoms with Gasteiger partial charge in [0.1, 0.15) is 0 Å². The van der Waals surface area contributed by atoms with E-state index in [2.05, 4.69) is 123 Å². The Balaban J connectivity index is 2.25. The van der Waals surface area contributed by atoms with Crippen LogP contribution < -0.4 is 16.0 Å². The van der Waals surface area contributed by atoms with Crippen LogP contribution >= 0.6 is 8.86 Å². The molecule has 1 unspecified atom stereocenters. The molecule has 5 nitrogen and oxygen atoms in total. The maximum absolute atomic E-state index is 5.47. The highest BCUT2D eigenvalue weighted by atomic mass is 31.0. The number of allylic oxidation sites excluding steroid dienone is 2. The molecule has 1 atom stereocenters. The minimum atomic E-state index is 0.0130. The first-order chi connectivity index (χ1) is 21.2. The van der Waals surface area contributed by atoms with E-state index in [0.717, 1.165) is 83.7 Å². The van der Waals surface area contributed by atoms with Gasteiger partial charge in [0.15, 0.2) is 0 Å². The molecule has 0 aliphatic heterocycles. The summed E-state index contributed by atoms with van der Waals surface area (Å²) in [4.78, 5) is 4.75. The molecule has 0 fully saturated rings. The molecule has 0 heterocycles. The fourth-order valence-corrected chi connectivity index (χ4v) is 5.89. The van der Waals surface area contributed by atoms with Gasteiger partial charge >= 0.3 is 0 Å². The lowest BCUT2D eigenvalue weighted by Gasteiger charge is -2.26. The summed E-state index contributed by atoms with van der Waals surface area (Å²) < 4.78 is 5.47. The zero-order valence-corrected chi connectivity index (χ0v) is 30.5. The topological polar surface area (TPSA) is 57.7 Å². The van der Waals surface area contributed by atoms with E-state index in [1.54, 1.807) is 7.11 Å². The van der Waals surface area contributed by atoms with Crippen molar-refractivity contribution < 1.29 is 4.74 Å². The Morgan fingerprint density at radius 3 is 2.33 bits per heavy atom. The Morgan fingerprint density at radius 1 is 1.02 bits per heavy atom. The fraction of sp³-hybridized carbons (Fsp3) is 0.487. The first kappa shape index (κ1) is 38.0. The third-order valence-electron chi connectivity index (χ3n) is 7.77. The highest BCUT2D eigenvalue weighted by molar-refractivity contribution is 7.20. The number of methoxy groups -OCH3 is 1. The molecule has 0 bridgehead atoms. The standard InChI is InChI=1S/C39H59N4OP/c1-13-31-24-36(40-14-2)34(23-32(31)17-15-16-20-41-29(7)25-39(9,10)11)30(8)43-35-21-27(5)18-19-33(35)22-28(6)42-37(26(3)4)38(45)44-12/h14,18-19,21,23-24,26,37,41-43,45H,6-8,13,15-17,20,22,25H2,1-5,9-12H3. The van der Waals surface area contributed by atoms with E-state index in [-0.39, 0.29) is 11.5 Å². The number of anilines is 1. The fourth-order valence-electron chi connectivity index (χ4n) is 5.49. The molecule has 246 valence electrons. The van der Waals surface area contributed by atoms with Gasteiger partial charge in [-0.25, -0.2) is 0 Å². The number of unbranched alkanes of at least 4 members (excludes halogenated alkanes) is 1. The number of rotatable bonds is 19. The summed E-state index contributed by atoms with van der Waals surface area (Å²) >= 11 is 0. The van der Waals surface area contributed by atoms with Crippen molar-refractivity contribution in [3.8, 4) is 0 Å². The third kappa shape index (κ3) is 12.6. The molecule has 2 rings (SSSR count). The van der Waals surface area contributed by atoms with Crippen molar-refractivity contribution in [2.24, 2.45) is 16.3 Å². The number of hydrogen-bond donors (Lipinski definition) is 3. The summed E-state index contributed by atoms with van der Waals surface area (Å²) in [6.07, 6.45) is 7.68. The van der Waals surface area contributed by atoms with E-state index in [9.17, 15) is 0 Å². The molecular weight excluding hydrogens is 571 g/mol. The van der Waals surface area contributed by atoms with Crippen LogP contribution in [0.5, 0.6) is 0 Å². The largest absolute Gasteiger partial charge is 0.389 e. The van der Waals surface area contributed by atoms with Gasteiger partial charge in [-0.3, -0.25) is 4.99 Å². The van der Waals surface area contributed by atoms with Crippen molar-refractivity contribution in [3.05, 3.63) is 89.3 Å². The molecule has 45 heavy (non-hydrogen) atoms. The molecular formula is C39H59N4OP. The molecule has 0 aromatic heterocycles. The van der Waals surface area contributed by atoms with Gasteiger partial charge in [-0.1, -0.05) is 82.3 Å². The highest BCUT2D eigenvalue weighted by Gasteiger charge is 2.19. The van der Waals surface area contributed by atoms with Crippen LogP contribution in [0.1, 0.15) is 95.5 Å². The SMILES string of the molecule is C=C(CC(C)(C)C)NCCCCc1cc(C(=C)Nc2cc(C)ccc2CC(=C)NC(C(=P)OC)C(C)C)c(N=CC)cc1CC. The summed E-state index contributed by atoms with van der Waals surface area (Å²) in [6.45, 7) is 31.4. The summed E-state index contributed by atoms with van der Waals surface area (Å²) in [6, 6.07) is 11.0. The molecule has 0 aliphatic rings. The van der Waals surface area contributed by atoms with Crippen molar-refractivity contribution in [2.45, 2.75) is 100.0 Å². The molecule has 0 amide bonds. The van der Waals surface area contributed by atoms with Crippen molar-refractivity contribution in [1.82, 2.24) is 10.6 Å². The summed E-state index contributed by atoms with van der Waals surface area (Å²) in [5.41, 5.74) is 11.9. The zero-order chi connectivity index (χ0) is 33.7. The number of hydrogen-bond acceptors (Lipinski definition) is 5. The molecule has 2 aromatic rings. The Kier molecular flexibility index (Phi) is 15.3. The average molecular weight is 631 g/mol. The first-order valence-electron chi connectivity index (χ1n) is 16.4. The minimum absolute atomic E-state index is 0.0130. The average Bonchev–Trinajstić information content (AvgIpc) is 2.96. The third-order valence-corrected chi connectivity index (χ3v) is 8.28. The molecule has 0 spiro atoms. The molecule has 3 N–H and O–H groups in total. The quantitative estimate of drug-likeness (QED) is 0.0822. The van der Waals surface area contributed by atoms with E-state index in [4.69, 9.17) is 9.73 Å². The van der Waals surface area contributed by atoms with Crippen LogP contribution in [0.25, 0.3) is 5.70 Å². The molecule has 0 saturated heterocycles. The van der Waals surface area contributed by atoms with E-state index in [0.29, 0.717) is 12.3 Å². The lowest BCUT2D eigenvalue weighted by molar-refractivity contribution is 0.362. The molecule has 2 aromatic carbocycles. The maximum Gasteiger partial charge on any atom is 0.0933 e. The number of nitrogens with one attached hydrogen (secondary N) is 3. The second-order valence-corrected chi connectivity index (χ2v) is 14.1. The number of aryl methyl sites for hydroxylation is 3. The summed E-state index contributed by atoms with van der Waals surface area (Å²) in [7, 11) is 5.30. The predicted molar refractivity (Wildman–Crippen MR) is 203 cm³/mol. The number of nitrogens with zero attached hydrogens (tertiary/aromatic N) is 1. The lowest BCUT2D eigenvalue weighted by Crippen LogP contribution is -2.40. The summed E-state index contributed by atoms with van der Waals surface area (Å²) in [5, 5.41) is 10.7. The Labute approximate surface area is 277 Å². The highest BCUT2D eigenvalue weighted by Crippen LogP contribution is 2.33. The maximum atomic E-state index is 5.47. The van der Waals surface area contributed by atoms with Crippen molar-refractivity contribution in [3.63, 3.8) is 0 Å². The van der Waals surface area contributed by atoms with E-state index in [1.165, 1.54) is 16.7 Å². The lowest BCUT2D eigenvalue weighted by atomic mass is 9.91. The smallest absolute Gasteiger partial charge is 0.0933 e. The predicted octanol–water partition coefficient (Wildman–Crippen LogP) is 9.81. The van der Waals surface area contributed by atoms with Gasteiger partial charge in [0.05, 0.1) is 17.2 Å². The number of aliphatic imine (C=N–C) groups is 1. The second-order valence-electron chi connectivity index (χ2n) is 13.6. The summed E-state index contributed by atoms with van der Waals surface area (Å²) in [5.74, 6) is 0.326. The van der Waals surface area contributed by atoms with Crippen molar-refractivity contribution >= 4 is 37.6 Å². The van der Waals surface area contributed by atoms with Crippen LogP contribution in [0.15, 0.2) is 66.5 Å². The van der Waals surface area contributed by atoms with Gasteiger partial charge in [-0.15, -0.1) is 0 Å². The van der Waals surface area contributed by atoms with Crippen molar-refractivity contribution in [1.29, 1.82) is 0 Å². The second kappa shape index (κ2) is 18.1. The number of benzene rings is 2. The van der Waals surface area contributed by atoms with Gasteiger partial charge in [0.25, 0.3) is 0 Å². The van der Waals surface area contributed by atoms with Gasteiger partial charge in [0, 0.05) is 54.6 Å². The molecule has 6 heteroatoms. The van der Waals surface area contributed by atoms with Crippen molar-refractivity contribution in [2.75, 3.05) is 19.0 Å². The van der Waals surface area contributed by atoms with Gasteiger partial charge in [-0.05, 0) is 97.7 Å². The molecule has 0 radical (unpaired) electrons. The monoisotopic (exact) mass is 630 g/mol.